The van der Waals surface area contributed by atoms with Gasteiger partial charge in [0.15, 0.2) is 0 Å². The monoisotopic (exact) mass is 189 g/mol. The molecular formula is CH4N5NaO3S. The molecular weight excluding hydrogens is 185 g/mol. The first kappa shape index (κ1) is 10.8. The van der Waals surface area contributed by atoms with Crippen LogP contribution in [0.25, 0.3) is 0 Å². The van der Waals surface area contributed by atoms with Crippen molar-refractivity contribution in [1.29, 1.82) is 0 Å². The van der Waals surface area contributed by atoms with Crippen LogP contribution in [0.1, 0.15) is 1.43 Å². The Morgan fingerprint density at radius 2 is 2.27 bits per heavy atom. The number of aromatic nitrogens is 4. The van der Waals surface area contributed by atoms with Crippen LogP contribution >= 0.6 is 0 Å². The van der Waals surface area contributed by atoms with Gasteiger partial charge >= 0.3 is 45.9 Å². The quantitative estimate of drug-likeness (QED) is 0.448. The zero-order chi connectivity index (χ0) is 7.61. The molecule has 58 valence electrons. The number of rotatable bonds is 2. The number of H-pyrrole nitrogens is 1. The molecule has 10 heteroatoms. The fourth-order valence-corrected chi connectivity index (χ4v) is 0.570. The zero-order valence-electron chi connectivity index (χ0n) is 6.55. The van der Waals surface area contributed by atoms with Crippen LogP contribution in [0.4, 0.5) is 0 Å². The number of hydrogen-bond acceptors (Lipinski definition) is 6. The van der Waals surface area contributed by atoms with Gasteiger partial charge in [0.25, 0.3) is 0 Å². The molecule has 0 spiro atoms. The Hall–Kier alpha value is -0.220. The molecule has 0 fully saturated rings. The van der Waals surface area contributed by atoms with Crippen LogP contribution in [0.2, 0.25) is 0 Å². The van der Waals surface area contributed by atoms with Gasteiger partial charge in [0.2, 0.25) is 0 Å². The van der Waals surface area contributed by atoms with Crippen LogP contribution in [-0.2, 0) is 10.3 Å². The molecule has 3 N–H and O–H groups in total. The molecule has 1 rings (SSSR count). The molecule has 1 heterocycles. The number of tetrazole rings is 1. The Balaban J connectivity index is 0. The van der Waals surface area contributed by atoms with Gasteiger partial charge in [0.1, 0.15) is 0 Å². The van der Waals surface area contributed by atoms with E-state index in [4.69, 9.17) is 0 Å². The summed E-state index contributed by atoms with van der Waals surface area (Å²) in [6.45, 7) is 0. The summed E-state index contributed by atoms with van der Waals surface area (Å²) in [6, 6.07) is -0.428. The van der Waals surface area contributed by atoms with Gasteiger partial charge < -0.3 is 5.61 Å². The van der Waals surface area contributed by atoms with E-state index in [0.29, 0.717) is 0 Å². The van der Waals surface area contributed by atoms with E-state index in [1.807, 2.05) is 5.21 Å². The van der Waals surface area contributed by atoms with Crippen molar-refractivity contribution in [3.05, 3.63) is 0 Å². The predicted molar refractivity (Wildman–Crippen MR) is 29.0 cm³/mol. The number of nitrogens with zero attached hydrogens (tertiary/aromatic N) is 3. The minimum atomic E-state index is -4.03. The second-order valence-corrected chi connectivity index (χ2v) is 2.42. The summed E-state index contributed by atoms with van der Waals surface area (Å²) in [4.78, 5) is 0. The summed E-state index contributed by atoms with van der Waals surface area (Å²) in [6.07, 6.45) is 0. The molecule has 0 unspecified atom stereocenters. The first-order valence-corrected chi connectivity index (χ1v) is 3.51. The number of nitrogens with one attached hydrogen (secondary N) is 1. The summed E-state index contributed by atoms with van der Waals surface area (Å²) >= 11 is 0. The van der Waals surface area contributed by atoms with Gasteiger partial charge in [-0.3, -0.25) is 0 Å². The first-order chi connectivity index (χ1) is 4.58. The minimum Gasteiger partial charge on any atom is -1.00 e. The molecule has 11 heavy (non-hydrogen) atoms. The number of nitrogens with two attached hydrogens (primary N) is 1. The Morgan fingerprint density at radius 3 is 2.64 bits per heavy atom. The second kappa shape index (κ2) is 3.97. The second-order valence-electron chi connectivity index (χ2n) is 1.27. The number of aromatic amines is 1. The van der Waals surface area contributed by atoms with Crippen LogP contribution < -0.4 is 38.9 Å². The molecule has 8 nitrogen and oxygen atoms in total. The fourth-order valence-electron chi connectivity index (χ4n) is 0.292. The van der Waals surface area contributed by atoms with Crippen LogP contribution in [0, 0.1) is 0 Å². The Morgan fingerprint density at radius 1 is 1.64 bits per heavy atom. The molecule has 0 bridgehead atoms. The van der Waals surface area contributed by atoms with E-state index in [2.05, 4.69) is 24.7 Å². The van der Waals surface area contributed by atoms with Crippen molar-refractivity contribution in [2.45, 2.75) is 0 Å². The fraction of sp³-hybridized carbons (Fsp3) is 0. The van der Waals surface area contributed by atoms with Crippen molar-refractivity contribution in [1.82, 2.24) is 20.6 Å². The standard InChI is InChI=1S/CH3N5O3S.Na.H/c2-10(7,8)9-1-3-5-6-4-1;;/h(H2,2,7,8)(H,3,4,5,6);;/q;+1;-1. The SMILES string of the molecule is NS(=O)(=O)Oc1nn[nH]n1.[H-].[Na+]. The molecule has 0 saturated carbocycles. The van der Waals surface area contributed by atoms with Crippen molar-refractivity contribution in [3.63, 3.8) is 0 Å². The van der Waals surface area contributed by atoms with Crippen LogP contribution in [-0.4, -0.2) is 29.0 Å². The van der Waals surface area contributed by atoms with Crippen molar-refractivity contribution >= 4 is 10.3 Å². The number of hydrogen-bond donors (Lipinski definition) is 2. The summed E-state index contributed by atoms with van der Waals surface area (Å²) in [5.74, 6) is 0. The summed E-state index contributed by atoms with van der Waals surface area (Å²) < 4.78 is 24.2. The van der Waals surface area contributed by atoms with Gasteiger partial charge in [-0.15, -0.1) is 0 Å². The van der Waals surface area contributed by atoms with Gasteiger partial charge in [-0.1, -0.05) is 10.2 Å². The molecule has 0 aromatic carbocycles. The molecule has 0 radical (unpaired) electrons. The summed E-state index contributed by atoms with van der Waals surface area (Å²) in [7, 11) is -4.03. The molecule has 1 aromatic heterocycles. The Labute approximate surface area is 85.5 Å². The Bertz CT molecular complexity index is 297. The van der Waals surface area contributed by atoms with E-state index in [-0.39, 0.29) is 31.0 Å². The molecule has 0 atom stereocenters. The molecule has 0 aliphatic heterocycles. The molecule has 1 aromatic rings. The van der Waals surface area contributed by atoms with Gasteiger partial charge in [-0.25, -0.2) is 0 Å². The maximum atomic E-state index is 10.1. The van der Waals surface area contributed by atoms with Crippen molar-refractivity contribution in [3.8, 4) is 6.01 Å². The third-order valence-corrected chi connectivity index (χ3v) is 0.898. The van der Waals surface area contributed by atoms with Gasteiger partial charge in [-0.05, 0) is 5.21 Å². The molecule has 0 amide bonds. The largest absolute Gasteiger partial charge is 1.00 e. The zero-order valence-corrected chi connectivity index (χ0v) is 8.37. The average molecular weight is 189 g/mol. The molecule has 0 saturated heterocycles. The summed E-state index contributed by atoms with van der Waals surface area (Å²) in [5, 5.41) is 15.8. The van der Waals surface area contributed by atoms with E-state index in [9.17, 15) is 8.42 Å². The predicted octanol–water partition coefficient (Wildman–Crippen LogP) is -5.10. The topological polar surface area (TPSA) is 124 Å². The maximum absolute atomic E-state index is 10.1. The van der Waals surface area contributed by atoms with Crippen molar-refractivity contribution in [2.75, 3.05) is 0 Å². The van der Waals surface area contributed by atoms with E-state index >= 15 is 0 Å². The third-order valence-electron chi connectivity index (χ3n) is 0.517. The Kier molecular flexibility index (Phi) is 3.89. The van der Waals surface area contributed by atoms with Crippen LogP contribution in [0.15, 0.2) is 0 Å². The van der Waals surface area contributed by atoms with Crippen LogP contribution in [0.3, 0.4) is 0 Å². The van der Waals surface area contributed by atoms with E-state index < -0.39 is 16.3 Å². The minimum absolute atomic E-state index is 0. The van der Waals surface area contributed by atoms with Gasteiger partial charge in [0.05, 0.1) is 0 Å². The van der Waals surface area contributed by atoms with E-state index in [1.54, 1.807) is 0 Å². The van der Waals surface area contributed by atoms with E-state index in [0.717, 1.165) is 0 Å². The van der Waals surface area contributed by atoms with E-state index in [1.165, 1.54) is 0 Å². The van der Waals surface area contributed by atoms with Crippen LogP contribution in [0.5, 0.6) is 6.01 Å². The smallest absolute Gasteiger partial charge is 1.00 e. The third kappa shape index (κ3) is 4.27. The normalized spacial score (nSPS) is 10.3. The van der Waals surface area contributed by atoms with Gasteiger partial charge in [-0.2, -0.15) is 18.8 Å². The average Bonchev–Trinajstić information content (AvgIpc) is 2.12. The van der Waals surface area contributed by atoms with Crippen molar-refractivity contribution < 1.29 is 43.6 Å². The summed E-state index contributed by atoms with van der Waals surface area (Å²) in [5.41, 5.74) is 0. The first-order valence-electron chi connectivity index (χ1n) is 2.03. The maximum Gasteiger partial charge on any atom is 1.00 e. The molecule has 0 aliphatic carbocycles. The van der Waals surface area contributed by atoms with Crippen molar-refractivity contribution in [2.24, 2.45) is 5.14 Å². The molecule has 0 aliphatic rings. The van der Waals surface area contributed by atoms with Gasteiger partial charge in [0, 0.05) is 0 Å².